The molecule has 0 saturated carbocycles. The molecular formula is C25H26NO+. The lowest BCUT2D eigenvalue weighted by Gasteiger charge is -2.29. The fourth-order valence-electron chi connectivity index (χ4n) is 3.62. The van der Waals surface area contributed by atoms with Crippen LogP contribution in [0.5, 0.6) is 5.75 Å². The van der Waals surface area contributed by atoms with Crippen molar-refractivity contribution >= 4 is 21.5 Å². The van der Waals surface area contributed by atoms with E-state index in [2.05, 4.69) is 99.0 Å². The van der Waals surface area contributed by atoms with Crippen molar-refractivity contribution in [2.75, 3.05) is 27.2 Å². The minimum absolute atomic E-state index is 0.700. The summed E-state index contributed by atoms with van der Waals surface area (Å²) in [5, 5.41) is 4.93. The predicted molar refractivity (Wildman–Crippen MR) is 114 cm³/mol. The molecule has 0 unspecified atom stereocenters. The highest BCUT2D eigenvalue weighted by molar-refractivity contribution is 6.00. The lowest BCUT2D eigenvalue weighted by Crippen LogP contribution is -2.41. The average Bonchev–Trinajstić information content (AvgIpc) is 2.67. The average molecular weight is 356 g/mol. The standard InChI is InChI=1S/C25H26NO/c1-26(2,19-20-9-4-3-5-10-20)15-16-27-25-14-8-13-23-17-21-11-6-7-12-22(21)18-24(23)25/h3-14,17-18H,15-16,19H2,1-2H3/q+1. The summed E-state index contributed by atoms with van der Waals surface area (Å²) < 4.78 is 7.13. The Labute approximate surface area is 161 Å². The second kappa shape index (κ2) is 7.42. The molecule has 4 rings (SSSR count). The van der Waals surface area contributed by atoms with Crippen molar-refractivity contribution in [1.82, 2.24) is 0 Å². The number of benzene rings is 4. The van der Waals surface area contributed by atoms with Gasteiger partial charge in [-0.2, -0.15) is 0 Å². The van der Waals surface area contributed by atoms with Gasteiger partial charge in [0.2, 0.25) is 0 Å². The van der Waals surface area contributed by atoms with Gasteiger partial charge < -0.3 is 9.22 Å². The Morgan fingerprint density at radius 1 is 0.704 bits per heavy atom. The van der Waals surface area contributed by atoms with E-state index in [4.69, 9.17) is 4.74 Å². The van der Waals surface area contributed by atoms with Crippen LogP contribution in [0, 0.1) is 0 Å². The van der Waals surface area contributed by atoms with Crippen molar-refractivity contribution in [2.45, 2.75) is 6.54 Å². The molecule has 0 saturated heterocycles. The first kappa shape index (κ1) is 17.6. The minimum Gasteiger partial charge on any atom is -0.487 e. The second-order valence-electron chi connectivity index (χ2n) is 7.83. The number of fused-ring (bicyclic) bond motifs is 2. The van der Waals surface area contributed by atoms with E-state index in [0.717, 1.165) is 23.3 Å². The van der Waals surface area contributed by atoms with Crippen LogP contribution in [0.15, 0.2) is 84.9 Å². The Hall–Kier alpha value is -2.84. The molecule has 0 atom stereocenters. The molecule has 0 aliphatic heterocycles. The van der Waals surface area contributed by atoms with Crippen molar-refractivity contribution in [3.63, 3.8) is 0 Å². The van der Waals surface area contributed by atoms with E-state index in [9.17, 15) is 0 Å². The van der Waals surface area contributed by atoms with Crippen LogP contribution in [-0.2, 0) is 6.54 Å². The zero-order chi connectivity index (χ0) is 18.7. The molecule has 0 bridgehead atoms. The molecule has 2 nitrogen and oxygen atoms in total. The third-order valence-corrected chi connectivity index (χ3v) is 5.11. The van der Waals surface area contributed by atoms with Crippen molar-refractivity contribution < 1.29 is 9.22 Å². The van der Waals surface area contributed by atoms with E-state index >= 15 is 0 Å². The molecule has 0 fully saturated rings. The highest BCUT2D eigenvalue weighted by atomic mass is 16.5. The number of rotatable bonds is 6. The van der Waals surface area contributed by atoms with Gasteiger partial charge in [0.15, 0.2) is 0 Å². The molecule has 0 radical (unpaired) electrons. The maximum absolute atomic E-state index is 6.23. The molecule has 0 aliphatic rings. The Kier molecular flexibility index (Phi) is 4.83. The van der Waals surface area contributed by atoms with Gasteiger partial charge in [0.05, 0.1) is 14.1 Å². The monoisotopic (exact) mass is 356 g/mol. The van der Waals surface area contributed by atoms with E-state index in [-0.39, 0.29) is 0 Å². The highest BCUT2D eigenvalue weighted by Crippen LogP contribution is 2.30. The largest absolute Gasteiger partial charge is 0.487 e. The first-order chi connectivity index (χ1) is 13.1. The number of hydrogen-bond acceptors (Lipinski definition) is 1. The fourth-order valence-corrected chi connectivity index (χ4v) is 3.62. The van der Waals surface area contributed by atoms with Crippen molar-refractivity contribution in [3.8, 4) is 5.75 Å². The van der Waals surface area contributed by atoms with E-state index in [1.165, 1.54) is 27.1 Å². The third-order valence-electron chi connectivity index (χ3n) is 5.11. The van der Waals surface area contributed by atoms with Crippen LogP contribution in [-0.4, -0.2) is 31.7 Å². The van der Waals surface area contributed by atoms with Gasteiger partial charge in [-0.3, -0.25) is 0 Å². The van der Waals surface area contributed by atoms with Gasteiger partial charge in [-0.1, -0.05) is 66.7 Å². The van der Waals surface area contributed by atoms with Crippen molar-refractivity contribution in [3.05, 3.63) is 90.5 Å². The Balaban J connectivity index is 1.49. The summed E-state index contributed by atoms with van der Waals surface area (Å²) in [6.07, 6.45) is 0. The summed E-state index contributed by atoms with van der Waals surface area (Å²) >= 11 is 0. The van der Waals surface area contributed by atoms with Gasteiger partial charge in [0.1, 0.15) is 25.4 Å². The van der Waals surface area contributed by atoms with Crippen molar-refractivity contribution in [2.24, 2.45) is 0 Å². The summed E-state index contributed by atoms with van der Waals surface area (Å²) in [5.41, 5.74) is 1.36. The zero-order valence-electron chi connectivity index (χ0n) is 16.1. The SMILES string of the molecule is C[N+](C)(CCOc1cccc2cc3ccccc3cc12)Cc1ccccc1. The molecule has 136 valence electrons. The van der Waals surface area contributed by atoms with Gasteiger partial charge in [-0.25, -0.2) is 0 Å². The molecule has 0 heterocycles. The van der Waals surface area contributed by atoms with Crippen molar-refractivity contribution in [1.29, 1.82) is 0 Å². The number of hydrogen-bond donors (Lipinski definition) is 0. The molecular weight excluding hydrogens is 330 g/mol. The van der Waals surface area contributed by atoms with Crippen LogP contribution in [0.1, 0.15) is 5.56 Å². The van der Waals surface area contributed by atoms with Gasteiger partial charge in [0, 0.05) is 10.9 Å². The topological polar surface area (TPSA) is 9.23 Å². The first-order valence-electron chi connectivity index (χ1n) is 9.51. The van der Waals surface area contributed by atoms with Crippen LogP contribution in [0.2, 0.25) is 0 Å². The molecule has 0 spiro atoms. The van der Waals surface area contributed by atoms with Crippen LogP contribution in [0.25, 0.3) is 21.5 Å². The van der Waals surface area contributed by atoms with Gasteiger partial charge in [-0.15, -0.1) is 0 Å². The molecule has 2 heteroatoms. The summed E-state index contributed by atoms with van der Waals surface area (Å²) in [6, 6.07) is 29.9. The summed E-state index contributed by atoms with van der Waals surface area (Å²) in [6.45, 7) is 2.66. The predicted octanol–water partition coefficient (Wildman–Crippen LogP) is 5.65. The molecule has 0 aromatic heterocycles. The normalized spacial score (nSPS) is 11.8. The molecule has 4 aromatic carbocycles. The maximum Gasteiger partial charge on any atom is 0.137 e. The van der Waals surface area contributed by atoms with Crippen LogP contribution in [0.4, 0.5) is 0 Å². The van der Waals surface area contributed by atoms with Gasteiger partial charge in [-0.05, 0) is 34.4 Å². The lowest BCUT2D eigenvalue weighted by molar-refractivity contribution is -0.903. The molecule has 0 N–H and O–H groups in total. The molecule has 0 amide bonds. The fraction of sp³-hybridized carbons (Fsp3) is 0.200. The van der Waals surface area contributed by atoms with E-state index in [0.29, 0.717) is 6.61 Å². The first-order valence-corrected chi connectivity index (χ1v) is 9.51. The van der Waals surface area contributed by atoms with E-state index in [1.807, 2.05) is 0 Å². The van der Waals surface area contributed by atoms with E-state index < -0.39 is 0 Å². The number of quaternary nitrogens is 1. The van der Waals surface area contributed by atoms with Crippen LogP contribution < -0.4 is 4.74 Å². The number of nitrogens with zero attached hydrogens (tertiary/aromatic N) is 1. The maximum atomic E-state index is 6.23. The zero-order valence-corrected chi connectivity index (χ0v) is 16.1. The third kappa shape index (κ3) is 4.12. The van der Waals surface area contributed by atoms with Crippen LogP contribution in [0.3, 0.4) is 0 Å². The quantitative estimate of drug-likeness (QED) is 0.320. The van der Waals surface area contributed by atoms with Crippen LogP contribution >= 0.6 is 0 Å². The molecule has 27 heavy (non-hydrogen) atoms. The Bertz CT molecular complexity index is 1050. The smallest absolute Gasteiger partial charge is 0.137 e. The summed E-state index contributed by atoms with van der Waals surface area (Å²) in [7, 11) is 4.51. The lowest BCUT2D eigenvalue weighted by atomic mass is 10.0. The Morgan fingerprint density at radius 3 is 2.15 bits per heavy atom. The van der Waals surface area contributed by atoms with Gasteiger partial charge >= 0.3 is 0 Å². The summed E-state index contributed by atoms with van der Waals surface area (Å²) in [4.78, 5) is 0. The minimum atomic E-state index is 0.700. The number of ether oxygens (including phenoxy) is 1. The second-order valence-corrected chi connectivity index (χ2v) is 7.83. The Morgan fingerprint density at radius 2 is 1.37 bits per heavy atom. The van der Waals surface area contributed by atoms with E-state index in [1.54, 1.807) is 0 Å². The highest BCUT2D eigenvalue weighted by Gasteiger charge is 2.16. The van der Waals surface area contributed by atoms with Gasteiger partial charge in [0.25, 0.3) is 0 Å². The molecule has 4 aromatic rings. The number of likely N-dealkylation sites (N-methyl/N-ethyl adjacent to an activating group) is 1. The molecule has 0 aliphatic carbocycles. The summed E-state index contributed by atoms with van der Waals surface area (Å²) in [5.74, 6) is 0.970.